The minimum atomic E-state index is -1.64. The van der Waals surface area contributed by atoms with E-state index in [4.69, 9.17) is 33.2 Å². The number of ether oxygens (including phenoxy) is 7. The maximum Gasteiger partial charge on any atom is 0.330 e. The van der Waals surface area contributed by atoms with Crippen molar-refractivity contribution in [3.8, 4) is 11.5 Å². The second kappa shape index (κ2) is 11.0. The van der Waals surface area contributed by atoms with Gasteiger partial charge in [0.1, 0.15) is 42.7 Å². The molecule has 0 radical (unpaired) electrons. The number of methoxy groups -OCH3 is 2. The van der Waals surface area contributed by atoms with Crippen molar-refractivity contribution in [3.05, 3.63) is 42.2 Å². The highest BCUT2D eigenvalue weighted by atomic mass is 16.8. The molecule has 11 atom stereocenters. The standard InChI is InChI=1S/C26H32O13/c1-33-14-5-3-12(9-15(14)34-2)4-6-17(28)36-11-26-18-13(19(29)23(26)39-26)7-8-35-24(18)38-25-22(32)21(31)20(30)16(10-27)37-25/h3-9,13,16,18-25,27,29-32H,10-11H2,1-2H3/b6-4+/t13-,16-,18-,19+,20-,21+,22-,23+,24+,25+,26-/m0/s1. The van der Waals surface area contributed by atoms with Crippen LogP contribution < -0.4 is 9.47 Å². The van der Waals surface area contributed by atoms with Crippen molar-refractivity contribution in [1.82, 2.24) is 0 Å². The van der Waals surface area contributed by atoms with Gasteiger partial charge in [0.15, 0.2) is 17.8 Å². The fourth-order valence-corrected chi connectivity index (χ4v) is 5.51. The lowest BCUT2D eigenvalue weighted by Crippen LogP contribution is -2.60. The molecule has 1 aromatic carbocycles. The molecule has 3 aliphatic heterocycles. The summed E-state index contributed by atoms with van der Waals surface area (Å²) in [4.78, 5) is 12.5. The largest absolute Gasteiger partial charge is 0.493 e. The van der Waals surface area contributed by atoms with Crippen LogP contribution in [0.25, 0.3) is 6.08 Å². The van der Waals surface area contributed by atoms with E-state index in [2.05, 4.69) is 0 Å². The van der Waals surface area contributed by atoms with Gasteiger partial charge < -0.3 is 58.7 Å². The lowest BCUT2D eigenvalue weighted by molar-refractivity contribution is -0.344. The van der Waals surface area contributed by atoms with E-state index in [1.165, 1.54) is 26.6 Å². The highest BCUT2D eigenvalue weighted by molar-refractivity contribution is 5.87. The molecule has 1 aromatic rings. The highest BCUT2D eigenvalue weighted by Crippen LogP contribution is 2.60. The highest BCUT2D eigenvalue weighted by Gasteiger charge is 2.76. The van der Waals surface area contributed by atoms with Crippen LogP contribution in [0.1, 0.15) is 5.56 Å². The van der Waals surface area contributed by atoms with Crippen LogP contribution in [-0.2, 0) is 28.5 Å². The molecule has 0 aromatic heterocycles. The first-order valence-electron chi connectivity index (χ1n) is 12.4. The predicted molar refractivity (Wildman–Crippen MR) is 129 cm³/mol. The first-order chi connectivity index (χ1) is 18.7. The molecule has 5 N–H and O–H groups in total. The molecule has 3 fully saturated rings. The van der Waals surface area contributed by atoms with Crippen LogP contribution in [0.4, 0.5) is 0 Å². The summed E-state index contributed by atoms with van der Waals surface area (Å²) in [6.45, 7) is -0.834. The molecule has 13 nitrogen and oxygen atoms in total. The van der Waals surface area contributed by atoms with Crippen LogP contribution in [-0.4, -0.2) is 114 Å². The minimum absolute atomic E-state index is 0.212. The molecule has 1 aliphatic carbocycles. The van der Waals surface area contributed by atoms with Crippen LogP contribution in [0.5, 0.6) is 11.5 Å². The third-order valence-electron chi connectivity index (χ3n) is 7.64. The van der Waals surface area contributed by atoms with E-state index >= 15 is 0 Å². The van der Waals surface area contributed by atoms with E-state index in [1.54, 1.807) is 30.4 Å². The van der Waals surface area contributed by atoms with Crippen LogP contribution in [0, 0.1) is 11.8 Å². The average Bonchev–Trinajstić information content (AvgIpc) is 3.64. The van der Waals surface area contributed by atoms with Crippen molar-refractivity contribution in [3.63, 3.8) is 0 Å². The van der Waals surface area contributed by atoms with Crippen molar-refractivity contribution in [2.75, 3.05) is 27.4 Å². The van der Waals surface area contributed by atoms with E-state index in [9.17, 15) is 30.3 Å². The van der Waals surface area contributed by atoms with Crippen molar-refractivity contribution in [2.24, 2.45) is 11.8 Å². The summed E-state index contributed by atoms with van der Waals surface area (Å²) in [5.41, 5.74) is -0.445. The third kappa shape index (κ3) is 5.00. The number of carbonyl (C=O) groups excluding carboxylic acids is 1. The molecule has 39 heavy (non-hydrogen) atoms. The quantitative estimate of drug-likeness (QED) is 0.138. The van der Waals surface area contributed by atoms with Gasteiger partial charge >= 0.3 is 5.97 Å². The zero-order valence-corrected chi connectivity index (χ0v) is 21.2. The first kappa shape index (κ1) is 27.8. The topological polar surface area (TPSA) is 186 Å². The van der Waals surface area contributed by atoms with E-state index < -0.39 is 79.2 Å². The van der Waals surface area contributed by atoms with Crippen molar-refractivity contribution < 1.29 is 63.5 Å². The third-order valence-corrected chi connectivity index (χ3v) is 7.64. The number of benzene rings is 1. The number of carbonyl (C=O) groups is 1. The summed E-state index contributed by atoms with van der Waals surface area (Å²) in [7, 11) is 3.03. The minimum Gasteiger partial charge on any atom is -0.493 e. The molecule has 4 aliphatic rings. The number of hydrogen-bond acceptors (Lipinski definition) is 13. The van der Waals surface area contributed by atoms with Crippen LogP contribution in [0.3, 0.4) is 0 Å². The lowest BCUT2D eigenvalue weighted by atomic mass is 9.85. The molecule has 13 heteroatoms. The summed E-state index contributed by atoms with van der Waals surface area (Å²) >= 11 is 0. The average molecular weight is 553 g/mol. The molecule has 0 unspecified atom stereocenters. The Hall–Kier alpha value is -2.75. The van der Waals surface area contributed by atoms with E-state index in [1.807, 2.05) is 0 Å². The van der Waals surface area contributed by atoms with Gasteiger partial charge in [-0.2, -0.15) is 0 Å². The van der Waals surface area contributed by atoms with Crippen LogP contribution in [0.15, 0.2) is 36.6 Å². The molecule has 0 amide bonds. The van der Waals surface area contributed by atoms with Gasteiger partial charge in [-0.1, -0.05) is 6.07 Å². The van der Waals surface area contributed by atoms with Gasteiger partial charge in [0.25, 0.3) is 0 Å². The number of aliphatic hydroxyl groups is 5. The van der Waals surface area contributed by atoms with Crippen LogP contribution >= 0.6 is 0 Å². The van der Waals surface area contributed by atoms with Gasteiger partial charge in [-0.05, 0) is 29.8 Å². The van der Waals surface area contributed by atoms with Crippen molar-refractivity contribution in [2.45, 2.75) is 54.8 Å². The Morgan fingerprint density at radius 2 is 1.79 bits per heavy atom. The van der Waals surface area contributed by atoms with E-state index in [0.717, 1.165) is 0 Å². The van der Waals surface area contributed by atoms with E-state index in [-0.39, 0.29) is 6.61 Å². The Kier molecular flexibility index (Phi) is 7.86. The normalized spacial score (nSPS) is 40.5. The molecular formula is C26H32O13. The molecule has 2 saturated heterocycles. The smallest absolute Gasteiger partial charge is 0.330 e. The Bertz CT molecular complexity index is 1110. The Morgan fingerprint density at radius 1 is 1.03 bits per heavy atom. The van der Waals surface area contributed by atoms with Crippen molar-refractivity contribution in [1.29, 1.82) is 0 Å². The number of esters is 1. The van der Waals surface area contributed by atoms with Gasteiger partial charge in [-0.3, -0.25) is 0 Å². The number of rotatable bonds is 9. The SMILES string of the molecule is COc1ccc(/C=C/C(=O)OC[C@@]23O[C@@H]2[C@H](O)[C@H]2C=CO[C@H](O[C@H]4O[C@@H](CO)[C@H](O)[C@@H](O)[C@@H]4O)[C@H]23)cc1OC. The second-order valence-corrected chi connectivity index (χ2v) is 9.81. The van der Waals surface area contributed by atoms with Gasteiger partial charge in [-0.25, -0.2) is 4.79 Å². The fraction of sp³-hybridized carbons (Fsp3) is 0.577. The Balaban J connectivity index is 1.26. The molecule has 3 heterocycles. The molecular weight excluding hydrogens is 520 g/mol. The van der Waals surface area contributed by atoms with Gasteiger partial charge in [0.05, 0.1) is 39.1 Å². The maximum absolute atomic E-state index is 12.5. The summed E-state index contributed by atoms with van der Waals surface area (Å²) in [6.07, 6.45) is -4.39. The maximum atomic E-state index is 12.5. The predicted octanol–water partition coefficient (Wildman–Crippen LogP) is -1.31. The summed E-state index contributed by atoms with van der Waals surface area (Å²) in [5.74, 6) is -0.745. The molecule has 1 saturated carbocycles. The summed E-state index contributed by atoms with van der Waals surface area (Å²) < 4.78 is 38.7. The summed E-state index contributed by atoms with van der Waals surface area (Å²) in [5, 5.41) is 50.8. The Morgan fingerprint density at radius 3 is 2.51 bits per heavy atom. The zero-order chi connectivity index (χ0) is 27.9. The van der Waals surface area contributed by atoms with Gasteiger partial charge in [0, 0.05) is 12.0 Å². The monoisotopic (exact) mass is 552 g/mol. The number of epoxide rings is 1. The molecule has 0 bridgehead atoms. The number of hydrogen-bond donors (Lipinski definition) is 5. The molecule has 0 spiro atoms. The van der Waals surface area contributed by atoms with Crippen molar-refractivity contribution >= 4 is 12.0 Å². The van der Waals surface area contributed by atoms with E-state index in [0.29, 0.717) is 17.1 Å². The summed E-state index contributed by atoms with van der Waals surface area (Å²) in [6, 6.07) is 5.15. The van der Waals surface area contributed by atoms with Gasteiger partial charge in [0.2, 0.25) is 6.29 Å². The van der Waals surface area contributed by atoms with Gasteiger partial charge in [-0.15, -0.1) is 0 Å². The van der Waals surface area contributed by atoms with Crippen LogP contribution in [0.2, 0.25) is 0 Å². The number of aliphatic hydroxyl groups excluding tert-OH is 5. The zero-order valence-electron chi connectivity index (χ0n) is 21.2. The molecule has 5 rings (SSSR count). The molecule has 214 valence electrons. The fourth-order valence-electron chi connectivity index (χ4n) is 5.51. The Labute approximate surface area is 223 Å². The lowest BCUT2D eigenvalue weighted by Gasteiger charge is -2.43. The second-order valence-electron chi connectivity index (χ2n) is 9.81. The first-order valence-corrected chi connectivity index (χ1v) is 12.4. The number of fused-ring (bicyclic) bond motifs is 3.